The molecule has 2 nitrogen and oxygen atoms in total. The zero-order valence-electron chi connectivity index (χ0n) is 8.94. The topological polar surface area (TPSA) is 21.3 Å². The molecular weight excluding hydrogens is 200 g/mol. The highest BCUT2D eigenvalue weighted by atomic mass is 19.1. The van der Waals surface area contributed by atoms with Gasteiger partial charge in [0.1, 0.15) is 11.6 Å². The molecule has 1 N–H and O–H groups in total. The van der Waals surface area contributed by atoms with E-state index in [4.69, 9.17) is 4.74 Å². The summed E-state index contributed by atoms with van der Waals surface area (Å²) in [7, 11) is 0. The van der Waals surface area contributed by atoms with Crippen molar-refractivity contribution >= 4 is 5.69 Å². The molecule has 0 radical (unpaired) electrons. The minimum Gasteiger partial charge on any atom is -0.380 e. The SMILES string of the molecule is CCOCCNc1cc(F)c(C)cc1F. The third-order valence-electron chi connectivity index (χ3n) is 2.01. The third-order valence-corrected chi connectivity index (χ3v) is 2.01. The highest BCUT2D eigenvalue weighted by Crippen LogP contribution is 2.18. The Hall–Kier alpha value is -1.16. The second kappa shape index (κ2) is 5.66. The fourth-order valence-electron chi connectivity index (χ4n) is 1.18. The summed E-state index contributed by atoms with van der Waals surface area (Å²) in [4.78, 5) is 0. The molecular formula is C11H15F2NO. The van der Waals surface area contributed by atoms with Gasteiger partial charge >= 0.3 is 0 Å². The van der Waals surface area contributed by atoms with Crippen LogP contribution in [0.4, 0.5) is 14.5 Å². The predicted octanol–water partition coefficient (Wildman–Crippen LogP) is 2.72. The Labute approximate surface area is 88.3 Å². The second-order valence-electron chi connectivity index (χ2n) is 3.20. The van der Waals surface area contributed by atoms with Crippen LogP contribution in [0.3, 0.4) is 0 Å². The van der Waals surface area contributed by atoms with E-state index >= 15 is 0 Å². The van der Waals surface area contributed by atoms with E-state index in [2.05, 4.69) is 5.32 Å². The van der Waals surface area contributed by atoms with E-state index in [9.17, 15) is 8.78 Å². The zero-order chi connectivity index (χ0) is 11.3. The van der Waals surface area contributed by atoms with Crippen LogP contribution in [0.1, 0.15) is 12.5 Å². The Morgan fingerprint density at radius 1 is 1.27 bits per heavy atom. The molecule has 0 saturated carbocycles. The maximum Gasteiger partial charge on any atom is 0.146 e. The van der Waals surface area contributed by atoms with Crippen molar-refractivity contribution in [2.75, 3.05) is 25.1 Å². The molecule has 1 rings (SSSR count). The number of benzene rings is 1. The van der Waals surface area contributed by atoms with Crippen LogP contribution in [0.15, 0.2) is 12.1 Å². The minimum atomic E-state index is -0.439. The van der Waals surface area contributed by atoms with E-state index in [1.54, 1.807) is 0 Å². The number of hydrogen-bond acceptors (Lipinski definition) is 2. The maximum atomic E-state index is 13.3. The van der Waals surface area contributed by atoms with Crippen LogP contribution in [0.2, 0.25) is 0 Å². The fraction of sp³-hybridized carbons (Fsp3) is 0.455. The van der Waals surface area contributed by atoms with Crippen LogP contribution in [0.5, 0.6) is 0 Å². The lowest BCUT2D eigenvalue weighted by atomic mass is 10.2. The molecule has 0 atom stereocenters. The lowest BCUT2D eigenvalue weighted by Gasteiger charge is -2.08. The van der Waals surface area contributed by atoms with Gasteiger partial charge in [-0.2, -0.15) is 0 Å². The Bertz CT molecular complexity index is 329. The summed E-state index contributed by atoms with van der Waals surface area (Å²) < 4.78 is 31.4. The average molecular weight is 215 g/mol. The van der Waals surface area contributed by atoms with Gasteiger partial charge in [-0.15, -0.1) is 0 Å². The summed E-state index contributed by atoms with van der Waals surface area (Å²) in [5.74, 6) is -0.847. The van der Waals surface area contributed by atoms with Crippen molar-refractivity contribution in [3.05, 3.63) is 29.3 Å². The van der Waals surface area contributed by atoms with Crippen LogP contribution < -0.4 is 5.32 Å². The molecule has 0 fully saturated rings. The number of ether oxygens (including phenoxy) is 1. The molecule has 15 heavy (non-hydrogen) atoms. The van der Waals surface area contributed by atoms with Gasteiger partial charge in [-0.3, -0.25) is 0 Å². The number of rotatable bonds is 5. The summed E-state index contributed by atoms with van der Waals surface area (Å²) >= 11 is 0. The van der Waals surface area contributed by atoms with Gasteiger partial charge in [-0.1, -0.05) is 0 Å². The molecule has 0 unspecified atom stereocenters. The highest BCUT2D eigenvalue weighted by Gasteiger charge is 2.06. The van der Waals surface area contributed by atoms with Crippen molar-refractivity contribution in [2.24, 2.45) is 0 Å². The lowest BCUT2D eigenvalue weighted by Crippen LogP contribution is -2.10. The molecule has 0 aromatic heterocycles. The number of anilines is 1. The van der Waals surface area contributed by atoms with Gasteiger partial charge in [0.05, 0.1) is 12.3 Å². The monoisotopic (exact) mass is 215 g/mol. The summed E-state index contributed by atoms with van der Waals surface area (Å²) in [6.07, 6.45) is 0. The molecule has 84 valence electrons. The number of hydrogen-bond donors (Lipinski definition) is 1. The third kappa shape index (κ3) is 3.47. The normalized spacial score (nSPS) is 10.4. The molecule has 0 aliphatic rings. The summed E-state index contributed by atoms with van der Waals surface area (Å²) in [5, 5.41) is 2.78. The average Bonchev–Trinajstić information content (AvgIpc) is 2.20. The molecule has 0 heterocycles. The maximum absolute atomic E-state index is 13.3. The van der Waals surface area contributed by atoms with Crippen molar-refractivity contribution < 1.29 is 13.5 Å². The molecule has 0 bridgehead atoms. The standard InChI is InChI=1S/C11H15F2NO/c1-3-15-5-4-14-11-7-9(12)8(2)6-10(11)13/h6-7,14H,3-5H2,1-2H3. The van der Waals surface area contributed by atoms with Crippen molar-refractivity contribution in [1.29, 1.82) is 0 Å². The predicted molar refractivity (Wildman–Crippen MR) is 56.1 cm³/mol. The Balaban J connectivity index is 2.57. The smallest absolute Gasteiger partial charge is 0.146 e. The van der Waals surface area contributed by atoms with Gasteiger partial charge in [-0.25, -0.2) is 8.78 Å². The molecule has 4 heteroatoms. The van der Waals surface area contributed by atoms with Crippen LogP contribution in [-0.2, 0) is 4.74 Å². The quantitative estimate of drug-likeness (QED) is 0.762. The van der Waals surface area contributed by atoms with Gasteiger partial charge in [0.25, 0.3) is 0 Å². The first-order valence-corrected chi connectivity index (χ1v) is 4.92. The Morgan fingerprint density at radius 2 is 2.00 bits per heavy atom. The van der Waals surface area contributed by atoms with Gasteiger partial charge < -0.3 is 10.1 Å². The van der Waals surface area contributed by atoms with Crippen LogP contribution in [-0.4, -0.2) is 19.8 Å². The number of halogens is 2. The van der Waals surface area contributed by atoms with Crippen molar-refractivity contribution in [3.8, 4) is 0 Å². The summed E-state index contributed by atoms with van der Waals surface area (Å²) in [6, 6.07) is 2.34. The molecule has 1 aromatic carbocycles. The zero-order valence-corrected chi connectivity index (χ0v) is 8.94. The van der Waals surface area contributed by atoms with E-state index in [0.717, 1.165) is 6.07 Å². The first kappa shape index (κ1) is 11.9. The minimum absolute atomic E-state index is 0.179. The van der Waals surface area contributed by atoms with Crippen LogP contribution in [0.25, 0.3) is 0 Å². The Morgan fingerprint density at radius 3 is 2.67 bits per heavy atom. The van der Waals surface area contributed by atoms with Gasteiger partial charge in [0.15, 0.2) is 0 Å². The molecule has 0 aliphatic heterocycles. The van der Waals surface area contributed by atoms with Crippen molar-refractivity contribution in [2.45, 2.75) is 13.8 Å². The van der Waals surface area contributed by atoms with E-state index in [1.165, 1.54) is 13.0 Å². The van der Waals surface area contributed by atoms with Gasteiger partial charge in [0.2, 0.25) is 0 Å². The summed E-state index contributed by atoms with van der Waals surface area (Å²) in [5.41, 5.74) is 0.487. The summed E-state index contributed by atoms with van der Waals surface area (Å²) in [6.45, 7) is 4.97. The second-order valence-corrected chi connectivity index (χ2v) is 3.20. The largest absolute Gasteiger partial charge is 0.380 e. The van der Waals surface area contributed by atoms with Crippen LogP contribution in [0, 0.1) is 18.6 Å². The van der Waals surface area contributed by atoms with Crippen molar-refractivity contribution in [3.63, 3.8) is 0 Å². The molecule has 0 amide bonds. The highest BCUT2D eigenvalue weighted by molar-refractivity contribution is 5.46. The van der Waals surface area contributed by atoms with Gasteiger partial charge in [0, 0.05) is 19.2 Å². The Kier molecular flexibility index (Phi) is 4.49. The van der Waals surface area contributed by atoms with Crippen LogP contribution >= 0.6 is 0 Å². The lowest BCUT2D eigenvalue weighted by molar-refractivity contribution is 0.158. The van der Waals surface area contributed by atoms with E-state index in [-0.39, 0.29) is 5.69 Å². The van der Waals surface area contributed by atoms with E-state index in [0.29, 0.717) is 25.3 Å². The van der Waals surface area contributed by atoms with E-state index < -0.39 is 11.6 Å². The molecule has 0 spiro atoms. The first-order valence-electron chi connectivity index (χ1n) is 4.92. The fourth-order valence-corrected chi connectivity index (χ4v) is 1.18. The molecule has 0 aliphatic carbocycles. The number of aryl methyl sites for hydroxylation is 1. The van der Waals surface area contributed by atoms with Crippen molar-refractivity contribution in [1.82, 2.24) is 0 Å². The molecule has 0 saturated heterocycles. The van der Waals surface area contributed by atoms with Gasteiger partial charge in [-0.05, 0) is 25.5 Å². The number of nitrogens with one attached hydrogen (secondary N) is 1. The van der Waals surface area contributed by atoms with E-state index in [1.807, 2.05) is 6.92 Å². The first-order chi connectivity index (χ1) is 7.15. The molecule has 1 aromatic rings.